The molecule has 1 N–H and O–H groups in total. The number of H-pyrrole nitrogens is 1. The first kappa shape index (κ1) is 25.5. The zero-order valence-electron chi connectivity index (χ0n) is 23.3. The van der Waals surface area contributed by atoms with E-state index in [0.29, 0.717) is 24.4 Å². The Morgan fingerprint density at radius 3 is 2.54 bits per heavy atom. The van der Waals surface area contributed by atoms with Gasteiger partial charge in [-0.2, -0.15) is 5.10 Å². The molecule has 1 fully saturated rings. The van der Waals surface area contributed by atoms with Gasteiger partial charge in [0.2, 0.25) is 5.91 Å². The maximum absolute atomic E-state index is 12.8. The molecular weight excluding hydrogens is 460 g/mol. The van der Waals surface area contributed by atoms with E-state index in [-0.39, 0.29) is 5.91 Å². The van der Waals surface area contributed by atoms with Crippen molar-refractivity contribution in [1.82, 2.24) is 29.4 Å². The fourth-order valence-corrected chi connectivity index (χ4v) is 5.71. The second-order valence-electron chi connectivity index (χ2n) is 11.4. The Labute approximate surface area is 219 Å². The molecule has 4 aromatic rings. The molecule has 1 amide bonds. The summed E-state index contributed by atoms with van der Waals surface area (Å²) >= 11 is 0. The molecule has 7 nitrogen and oxygen atoms in total. The number of likely N-dealkylation sites (tertiary alicyclic amines) is 1. The van der Waals surface area contributed by atoms with Crippen LogP contribution in [-0.4, -0.2) is 68.0 Å². The van der Waals surface area contributed by atoms with Gasteiger partial charge in [-0.15, -0.1) is 0 Å². The van der Waals surface area contributed by atoms with Gasteiger partial charge in [0.1, 0.15) is 6.33 Å². The molecule has 0 spiro atoms. The van der Waals surface area contributed by atoms with E-state index in [2.05, 4.69) is 85.9 Å². The van der Waals surface area contributed by atoms with E-state index in [1.807, 2.05) is 16.5 Å². The number of aromatic nitrogens is 4. The van der Waals surface area contributed by atoms with E-state index in [1.165, 1.54) is 38.9 Å². The van der Waals surface area contributed by atoms with Crippen molar-refractivity contribution in [3.63, 3.8) is 0 Å². The Morgan fingerprint density at radius 1 is 1.14 bits per heavy atom. The number of carbonyl (C=O) groups is 1. The number of nitrogens with one attached hydrogen (secondary N) is 1. The van der Waals surface area contributed by atoms with E-state index >= 15 is 0 Å². The highest BCUT2D eigenvalue weighted by Gasteiger charge is 2.26. The lowest BCUT2D eigenvalue weighted by atomic mass is 9.87. The first-order valence-corrected chi connectivity index (χ1v) is 13.6. The van der Waals surface area contributed by atoms with E-state index in [4.69, 9.17) is 0 Å². The molecule has 0 atom stereocenters. The van der Waals surface area contributed by atoms with Gasteiger partial charge in [-0.25, -0.2) is 9.50 Å². The molecule has 37 heavy (non-hydrogen) atoms. The van der Waals surface area contributed by atoms with Crippen LogP contribution in [0.2, 0.25) is 0 Å². The smallest absolute Gasteiger partial charge is 0.236 e. The van der Waals surface area contributed by atoms with Crippen LogP contribution in [0.5, 0.6) is 0 Å². The molecule has 196 valence electrons. The lowest BCUT2D eigenvalue weighted by Crippen LogP contribution is -2.44. The van der Waals surface area contributed by atoms with Crippen LogP contribution in [-0.2, 0) is 4.79 Å². The second kappa shape index (κ2) is 9.93. The monoisotopic (exact) mass is 500 g/mol. The number of nitrogens with zero attached hydrogens (tertiary/aromatic N) is 5. The Bertz CT molecular complexity index is 1440. The Morgan fingerprint density at radius 2 is 1.86 bits per heavy atom. The van der Waals surface area contributed by atoms with E-state index in [1.54, 1.807) is 6.33 Å². The van der Waals surface area contributed by atoms with Gasteiger partial charge in [-0.05, 0) is 93.8 Å². The number of benzene rings is 1. The SMILES string of the molecule is Cc1c(-c2[nH]c3ccc(C4CCN(C(=O)CN(C)C(C)C)CC4)cc3c2C(C)C)cn2ncnc2c1C. The van der Waals surface area contributed by atoms with Crippen LogP contribution in [0.4, 0.5) is 0 Å². The summed E-state index contributed by atoms with van der Waals surface area (Å²) < 4.78 is 1.88. The van der Waals surface area contributed by atoms with Crippen molar-refractivity contribution in [2.75, 3.05) is 26.7 Å². The van der Waals surface area contributed by atoms with Gasteiger partial charge in [0.05, 0.1) is 12.2 Å². The highest BCUT2D eigenvalue weighted by molar-refractivity contribution is 5.92. The minimum absolute atomic E-state index is 0.248. The third-order valence-corrected chi connectivity index (χ3v) is 8.42. The lowest BCUT2D eigenvalue weighted by Gasteiger charge is -2.34. The number of rotatable bonds is 6. The minimum Gasteiger partial charge on any atom is -0.354 e. The molecule has 1 saturated heterocycles. The van der Waals surface area contributed by atoms with Crippen LogP contribution in [0.15, 0.2) is 30.7 Å². The minimum atomic E-state index is 0.248. The highest BCUT2D eigenvalue weighted by atomic mass is 16.2. The number of amides is 1. The number of fused-ring (bicyclic) bond motifs is 2. The van der Waals surface area contributed by atoms with Gasteiger partial charge >= 0.3 is 0 Å². The second-order valence-corrected chi connectivity index (χ2v) is 11.4. The number of hydrogen-bond acceptors (Lipinski definition) is 4. The molecule has 7 heteroatoms. The molecule has 0 unspecified atom stereocenters. The average molecular weight is 501 g/mol. The van der Waals surface area contributed by atoms with Crippen molar-refractivity contribution in [2.24, 2.45) is 0 Å². The summed E-state index contributed by atoms with van der Waals surface area (Å²) in [4.78, 5) is 25.1. The predicted octanol–water partition coefficient (Wildman–Crippen LogP) is 5.66. The lowest BCUT2D eigenvalue weighted by molar-refractivity contribution is -0.133. The van der Waals surface area contributed by atoms with Crippen molar-refractivity contribution in [2.45, 2.75) is 72.3 Å². The van der Waals surface area contributed by atoms with Crippen LogP contribution >= 0.6 is 0 Å². The van der Waals surface area contributed by atoms with Crippen molar-refractivity contribution in [1.29, 1.82) is 0 Å². The summed E-state index contributed by atoms with van der Waals surface area (Å²) in [5.41, 5.74) is 9.55. The molecule has 4 heterocycles. The molecule has 0 bridgehead atoms. The highest BCUT2D eigenvalue weighted by Crippen LogP contribution is 2.40. The number of piperidine rings is 1. The molecule has 5 rings (SSSR count). The number of hydrogen-bond donors (Lipinski definition) is 1. The van der Waals surface area contributed by atoms with Gasteiger partial charge < -0.3 is 9.88 Å². The van der Waals surface area contributed by atoms with E-state index in [9.17, 15) is 4.79 Å². The van der Waals surface area contributed by atoms with Crippen molar-refractivity contribution < 1.29 is 4.79 Å². The van der Waals surface area contributed by atoms with Gasteiger partial charge in [-0.3, -0.25) is 9.69 Å². The summed E-state index contributed by atoms with van der Waals surface area (Å²) in [6.45, 7) is 15.3. The largest absolute Gasteiger partial charge is 0.354 e. The number of aryl methyl sites for hydroxylation is 1. The Hall–Kier alpha value is -3.19. The van der Waals surface area contributed by atoms with Crippen LogP contribution in [0, 0.1) is 13.8 Å². The van der Waals surface area contributed by atoms with Gasteiger partial charge in [0, 0.05) is 41.8 Å². The van der Waals surface area contributed by atoms with Gasteiger partial charge in [-0.1, -0.05) is 19.9 Å². The van der Waals surface area contributed by atoms with Crippen LogP contribution in [0.3, 0.4) is 0 Å². The number of pyridine rings is 1. The van der Waals surface area contributed by atoms with Crippen LogP contribution in [0.25, 0.3) is 27.8 Å². The molecule has 0 radical (unpaired) electrons. The fraction of sp³-hybridized carbons (Fsp3) is 0.500. The summed E-state index contributed by atoms with van der Waals surface area (Å²) in [5, 5.41) is 5.72. The zero-order valence-corrected chi connectivity index (χ0v) is 23.3. The summed E-state index contributed by atoms with van der Waals surface area (Å²) in [7, 11) is 2.02. The number of aromatic amines is 1. The van der Waals surface area contributed by atoms with Crippen LogP contribution in [0.1, 0.15) is 74.6 Å². The average Bonchev–Trinajstić information content (AvgIpc) is 3.50. The number of carbonyl (C=O) groups excluding carboxylic acids is 1. The summed E-state index contributed by atoms with van der Waals surface area (Å²) in [6.07, 6.45) is 5.75. The molecule has 0 saturated carbocycles. The molecular formula is C30H40N6O. The van der Waals surface area contributed by atoms with Crippen molar-refractivity contribution >= 4 is 22.5 Å². The first-order chi connectivity index (χ1) is 17.7. The van der Waals surface area contributed by atoms with E-state index in [0.717, 1.165) is 37.1 Å². The third-order valence-electron chi connectivity index (χ3n) is 8.42. The zero-order chi connectivity index (χ0) is 26.4. The molecule has 1 aliphatic heterocycles. The normalized spacial score (nSPS) is 15.2. The maximum atomic E-state index is 12.8. The standard InChI is InChI=1S/C30H40N6O/c1-18(2)28-24-14-23(22-10-12-35(13-11-22)27(37)16-34(7)19(3)4)8-9-26(24)33-29(28)25-15-36-30(31-17-32-36)21(6)20(25)5/h8-9,14-15,17-19,22,33H,10-13,16H2,1-7H3. The molecule has 3 aromatic heterocycles. The predicted molar refractivity (Wildman–Crippen MR) is 150 cm³/mol. The third kappa shape index (κ3) is 4.65. The molecule has 1 aromatic carbocycles. The number of likely N-dealkylation sites (N-methyl/N-ethyl adjacent to an activating group) is 1. The van der Waals surface area contributed by atoms with Crippen LogP contribution < -0.4 is 0 Å². The molecule has 1 aliphatic rings. The topological polar surface area (TPSA) is 69.5 Å². The quantitative estimate of drug-likeness (QED) is 0.371. The Kier molecular flexibility index (Phi) is 6.84. The summed E-state index contributed by atoms with van der Waals surface area (Å²) in [6, 6.07) is 7.29. The maximum Gasteiger partial charge on any atom is 0.236 e. The summed E-state index contributed by atoms with van der Waals surface area (Å²) in [5.74, 6) is 1.09. The van der Waals surface area contributed by atoms with E-state index < -0.39 is 0 Å². The molecule has 0 aliphatic carbocycles. The van der Waals surface area contributed by atoms with Gasteiger partial charge in [0.25, 0.3) is 0 Å². The Balaban J connectivity index is 1.44. The fourth-order valence-electron chi connectivity index (χ4n) is 5.71. The first-order valence-electron chi connectivity index (χ1n) is 13.6. The van der Waals surface area contributed by atoms with Crippen molar-refractivity contribution in [3.05, 3.63) is 53.0 Å². The van der Waals surface area contributed by atoms with Gasteiger partial charge in [0.15, 0.2) is 5.65 Å². The van der Waals surface area contributed by atoms with Crippen molar-refractivity contribution in [3.8, 4) is 11.3 Å².